The summed E-state index contributed by atoms with van der Waals surface area (Å²) in [6, 6.07) is 21.0. The number of pyridine rings is 2. The van der Waals surface area contributed by atoms with Gasteiger partial charge in [-0.15, -0.1) is 12.4 Å². The summed E-state index contributed by atoms with van der Waals surface area (Å²) in [4.78, 5) is 60.8. The van der Waals surface area contributed by atoms with Crippen molar-refractivity contribution in [2.45, 2.75) is 113 Å². The van der Waals surface area contributed by atoms with Gasteiger partial charge >= 0.3 is 11.9 Å². The van der Waals surface area contributed by atoms with Gasteiger partial charge in [0.2, 0.25) is 10.9 Å². The maximum absolute atomic E-state index is 15.9. The van der Waals surface area contributed by atoms with E-state index in [1.54, 1.807) is 4.57 Å². The summed E-state index contributed by atoms with van der Waals surface area (Å²) in [7, 11) is 2.98. The van der Waals surface area contributed by atoms with Crippen LogP contribution in [0.2, 0.25) is 0 Å². The van der Waals surface area contributed by atoms with Crippen LogP contribution in [0.1, 0.15) is 121 Å². The number of hydrogen-bond acceptors (Lipinski definition) is 12. The maximum Gasteiger partial charge on any atom is 0.341 e. The lowest BCUT2D eigenvalue weighted by molar-refractivity contribution is 0.0684. The lowest BCUT2D eigenvalue weighted by Gasteiger charge is -2.37. The zero-order valence-electron chi connectivity index (χ0n) is 47.9. The predicted octanol–water partition coefficient (Wildman–Crippen LogP) is 10.9. The molecule has 8 fully saturated rings. The molecular weight excluding hydrogens is 1160 g/mol. The second-order valence-corrected chi connectivity index (χ2v) is 24.5. The lowest BCUT2D eigenvalue weighted by atomic mass is 9.91. The molecule has 6 aliphatic heterocycles. The summed E-state index contributed by atoms with van der Waals surface area (Å²) in [6.45, 7) is 10.4. The van der Waals surface area contributed by atoms with Crippen LogP contribution < -0.4 is 45.2 Å². The Hall–Kier alpha value is -6.41. The Morgan fingerprint density at radius 3 is 1.51 bits per heavy atom. The van der Waals surface area contributed by atoms with Crippen molar-refractivity contribution in [1.29, 1.82) is 0 Å². The highest BCUT2D eigenvalue weighted by molar-refractivity contribution is 9.08. The molecule has 14 rings (SSSR count). The van der Waals surface area contributed by atoms with Gasteiger partial charge in [-0.1, -0.05) is 40.2 Å². The number of benzene rings is 4. The van der Waals surface area contributed by atoms with Gasteiger partial charge in [0.05, 0.1) is 36.0 Å². The molecule has 2 saturated carbocycles. The predicted molar refractivity (Wildman–Crippen MR) is 331 cm³/mol. The van der Waals surface area contributed by atoms with E-state index in [1.165, 1.54) is 100 Å². The molecular formula is C64H76BrClF2N8O8. The normalized spacial score (nSPS) is 22.0. The molecule has 0 amide bonds. The standard InChI is InChI=1S/C32H37FN4O4.C21H24FN3O4.C11H14BrN.ClH/c1-41-31-28-24(30(38)25(32(39)40)18-37(28)23-10-11-23)15-26(33)29(31)36-17-21-5-4-14-35(27(21)19-36)16-20-6-8-22(9-7-20)34-12-2-3-13-34;1-29-20-17-13(19(26)14(21(27)28)9-25(17)12-4-5-12)7-15(22)18(20)24-8-11-3-2-6-23-16(11)10-24;12-9-10-3-5-11(6-4-10)13-7-1-2-8-13;/h6-9,15,18,21,23,27H,2-5,10-14,16-17,19H2,1H3,(H,39,40);7,9,11-12,16,23H,2-6,8,10H2,1H3,(H,27,28);3-6H,1-2,7-9H2;1H/t21-,27+;11-,16+;;/m00../s1. The SMILES string of the molecule is BrCc1ccc(N2CCCC2)cc1.COc1c(N2C[C@@H]3CCCN(Cc4ccc(N5CCCC5)cc4)[C@@H]3C2)c(F)cc2c(=O)c(C(=O)O)cn(C3CC3)c12.COc1c(N2C[C@@H]3CCCN[C@@H]3C2)c(F)cc2c(=O)c(C(=O)O)cn(C3CC3)c12.Cl. The monoisotopic (exact) mass is 1240 g/mol. The number of carbonyl (C=O) groups is 2. The minimum Gasteiger partial charge on any atom is -0.492 e. The third-order valence-corrected chi connectivity index (χ3v) is 19.3. The molecule has 16 nitrogen and oxygen atoms in total. The first-order chi connectivity index (χ1) is 40.3. The van der Waals surface area contributed by atoms with Crippen LogP contribution in [-0.2, 0) is 11.9 Å². The van der Waals surface area contributed by atoms with Crippen molar-refractivity contribution < 1.29 is 38.1 Å². The summed E-state index contributed by atoms with van der Waals surface area (Å²) in [5, 5.41) is 23.7. The molecule has 4 atom stereocenters. The van der Waals surface area contributed by atoms with Crippen LogP contribution in [0.5, 0.6) is 11.5 Å². The number of carboxylic acids is 2. The van der Waals surface area contributed by atoms with E-state index >= 15 is 8.78 Å². The number of halogens is 4. The van der Waals surface area contributed by atoms with Crippen molar-refractivity contribution >= 4 is 84.8 Å². The molecule has 8 heterocycles. The van der Waals surface area contributed by atoms with E-state index in [2.05, 4.69) is 89.4 Å². The third kappa shape index (κ3) is 11.8. The quantitative estimate of drug-likeness (QED) is 0.0936. The van der Waals surface area contributed by atoms with Crippen molar-refractivity contribution in [3.05, 3.63) is 127 Å². The molecule has 6 aromatic rings. The van der Waals surface area contributed by atoms with E-state index in [1.807, 2.05) is 9.47 Å². The number of hydrogen-bond donors (Lipinski definition) is 3. The molecule has 448 valence electrons. The van der Waals surface area contributed by atoms with Gasteiger partial charge in [0.25, 0.3) is 0 Å². The van der Waals surface area contributed by atoms with Crippen molar-refractivity contribution in [2.24, 2.45) is 11.8 Å². The van der Waals surface area contributed by atoms with Crippen LogP contribution in [0.15, 0.2) is 82.6 Å². The highest BCUT2D eigenvalue weighted by Gasteiger charge is 2.42. The number of aromatic nitrogens is 2. The van der Waals surface area contributed by atoms with Crippen molar-refractivity contribution in [3.8, 4) is 11.5 Å². The first kappa shape index (κ1) is 59.3. The van der Waals surface area contributed by atoms with Gasteiger partial charge in [-0.3, -0.25) is 14.5 Å². The van der Waals surface area contributed by atoms with Gasteiger partial charge in [-0.05, 0) is 150 Å². The van der Waals surface area contributed by atoms with E-state index in [0.717, 1.165) is 96.0 Å². The molecule has 8 aliphatic rings. The molecule has 0 spiro atoms. The number of ether oxygens (including phenoxy) is 2. The van der Waals surface area contributed by atoms with Crippen LogP contribution in [0.3, 0.4) is 0 Å². The number of anilines is 4. The maximum atomic E-state index is 15.9. The minimum absolute atomic E-state index is 0. The Balaban J connectivity index is 0.000000148. The largest absolute Gasteiger partial charge is 0.492 e. The van der Waals surface area contributed by atoms with E-state index in [9.17, 15) is 29.4 Å². The highest BCUT2D eigenvalue weighted by atomic mass is 79.9. The Morgan fingerprint density at radius 2 is 1.06 bits per heavy atom. The number of alkyl halides is 1. The van der Waals surface area contributed by atoms with Crippen molar-refractivity contribution in [2.75, 3.05) is 99.3 Å². The summed E-state index contributed by atoms with van der Waals surface area (Å²) in [6.07, 6.45) is 16.0. The molecule has 2 aliphatic carbocycles. The molecule has 20 heteroatoms. The minimum atomic E-state index is -1.30. The molecule has 0 bridgehead atoms. The van der Waals surface area contributed by atoms with E-state index < -0.39 is 34.4 Å². The highest BCUT2D eigenvalue weighted by Crippen LogP contribution is 2.48. The Morgan fingerprint density at radius 1 is 0.595 bits per heavy atom. The Kier molecular flexibility index (Phi) is 17.8. The second-order valence-electron chi connectivity index (χ2n) is 24.0. The summed E-state index contributed by atoms with van der Waals surface area (Å²) in [5.74, 6) is -2.18. The topological polar surface area (TPSA) is 165 Å². The summed E-state index contributed by atoms with van der Waals surface area (Å²) in [5.41, 5.74) is 5.02. The fraction of sp³-hybridized carbons (Fsp3) is 0.500. The Labute approximate surface area is 502 Å². The number of methoxy groups -OCH3 is 2. The second kappa shape index (κ2) is 25.3. The number of piperidine rings is 2. The smallest absolute Gasteiger partial charge is 0.341 e. The number of nitrogens with one attached hydrogen (secondary N) is 1. The average molecular weight is 1240 g/mol. The van der Waals surface area contributed by atoms with Crippen molar-refractivity contribution in [1.82, 2.24) is 19.4 Å². The molecule has 4 aromatic carbocycles. The first-order valence-electron chi connectivity index (χ1n) is 29.9. The van der Waals surface area contributed by atoms with Crippen LogP contribution in [0.25, 0.3) is 21.8 Å². The van der Waals surface area contributed by atoms with Crippen LogP contribution in [0.4, 0.5) is 31.5 Å². The van der Waals surface area contributed by atoms with Crippen LogP contribution in [-0.4, -0.2) is 128 Å². The van der Waals surface area contributed by atoms with Gasteiger partial charge in [0, 0.05) is 112 Å². The van der Waals surface area contributed by atoms with Crippen molar-refractivity contribution in [3.63, 3.8) is 0 Å². The fourth-order valence-corrected chi connectivity index (χ4v) is 14.5. The number of fused-ring (bicyclic) bond motifs is 4. The van der Waals surface area contributed by atoms with Gasteiger partial charge in [0.1, 0.15) is 22.5 Å². The molecule has 0 radical (unpaired) electrons. The molecule has 6 saturated heterocycles. The molecule has 0 unspecified atom stereocenters. The van der Waals surface area contributed by atoms with Gasteiger partial charge < -0.3 is 53.7 Å². The van der Waals surface area contributed by atoms with E-state index in [0.29, 0.717) is 77.5 Å². The third-order valence-electron chi connectivity index (χ3n) is 18.6. The number of carboxylic acid groups (broad SMARTS) is 2. The Bertz CT molecular complexity index is 3520. The van der Waals surface area contributed by atoms with E-state index in [4.69, 9.17) is 9.47 Å². The summed E-state index contributed by atoms with van der Waals surface area (Å²) >= 11 is 3.45. The first-order valence-corrected chi connectivity index (χ1v) is 31.0. The molecule has 2 aromatic heterocycles. The van der Waals surface area contributed by atoms with Gasteiger partial charge in [0.15, 0.2) is 23.1 Å². The number of likely N-dealkylation sites (tertiary alicyclic amines) is 1. The zero-order chi connectivity index (χ0) is 57.6. The summed E-state index contributed by atoms with van der Waals surface area (Å²) < 4.78 is 46.4. The molecule has 3 N–H and O–H groups in total. The lowest BCUT2D eigenvalue weighted by Crippen LogP contribution is -2.44. The van der Waals surface area contributed by atoms with Gasteiger partial charge in [-0.25, -0.2) is 18.4 Å². The van der Waals surface area contributed by atoms with Crippen LogP contribution in [0, 0.1) is 23.5 Å². The zero-order valence-corrected chi connectivity index (χ0v) is 50.3. The fourth-order valence-electron chi connectivity index (χ4n) is 14.1. The number of nitrogens with zero attached hydrogens (tertiary/aromatic N) is 7. The van der Waals surface area contributed by atoms with Gasteiger partial charge in [-0.2, -0.15) is 0 Å². The molecule has 84 heavy (non-hydrogen) atoms. The van der Waals surface area contributed by atoms with E-state index in [-0.39, 0.29) is 46.4 Å². The number of aromatic carboxylic acids is 2. The number of rotatable bonds is 13. The van der Waals surface area contributed by atoms with Crippen LogP contribution >= 0.6 is 28.3 Å². The average Bonchev–Trinajstić information content (AvgIpc) is 2.15.